The second-order valence-corrected chi connectivity index (χ2v) is 3.50. The minimum Gasteiger partial charge on any atom is -0.462 e. The number of hydrogen-bond donors (Lipinski definition) is 0. The van der Waals surface area contributed by atoms with Crippen LogP contribution in [0, 0.1) is 5.92 Å². The lowest BCUT2D eigenvalue weighted by atomic mass is 10.1. The summed E-state index contributed by atoms with van der Waals surface area (Å²) in [6.07, 6.45) is 2.68. The maximum absolute atomic E-state index is 11.5. The lowest BCUT2D eigenvalue weighted by Gasteiger charge is -2.07. The average Bonchev–Trinajstić information content (AvgIpc) is 2.29. The van der Waals surface area contributed by atoms with Gasteiger partial charge in [-0.3, -0.25) is 0 Å². The van der Waals surface area contributed by atoms with Crippen LogP contribution in [-0.4, -0.2) is 12.6 Å². The van der Waals surface area contributed by atoms with Crippen molar-refractivity contribution in [1.29, 1.82) is 0 Å². The fraction of sp³-hybridized carbons (Fsp3) is 0.308. The quantitative estimate of drug-likeness (QED) is 0.544. The molecular weight excluding hydrogens is 188 g/mol. The molecule has 0 spiro atoms. The topological polar surface area (TPSA) is 26.3 Å². The van der Waals surface area contributed by atoms with Crippen molar-refractivity contribution in [2.45, 2.75) is 13.3 Å². The van der Waals surface area contributed by atoms with Gasteiger partial charge in [0, 0.05) is 0 Å². The van der Waals surface area contributed by atoms with Crippen LogP contribution in [0.1, 0.15) is 23.7 Å². The van der Waals surface area contributed by atoms with Crippen LogP contribution < -0.4 is 0 Å². The summed E-state index contributed by atoms with van der Waals surface area (Å²) in [5, 5.41) is 0. The molecule has 0 amide bonds. The molecule has 0 aliphatic heterocycles. The molecule has 0 saturated carbocycles. The van der Waals surface area contributed by atoms with E-state index in [4.69, 9.17) is 4.74 Å². The van der Waals surface area contributed by atoms with Crippen LogP contribution in [0.3, 0.4) is 0 Å². The molecule has 0 aromatic heterocycles. The molecule has 1 rings (SSSR count). The van der Waals surface area contributed by atoms with Gasteiger partial charge < -0.3 is 4.74 Å². The minimum absolute atomic E-state index is 0.258. The lowest BCUT2D eigenvalue weighted by molar-refractivity contribution is 0.0491. The summed E-state index contributed by atoms with van der Waals surface area (Å²) in [5.74, 6) is 0.125. The molecule has 1 aromatic rings. The van der Waals surface area contributed by atoms with Crippen molar-refractivity contribution < 1.29 is 9.53 Å². The number of ether oxygens (including phenoxy) is 1. The number of benzene rings is 1. The van der Waals surface area contributed by atoms with Gasteiger partial charge in [-0.2, -0.15) is 0 Å². The van der Waals surface area contributed by atoms with Crippen molar-refractivity contribution in [3.8, 4) is 0 Å². The van der Waals surface area contributed by atoms with Gasteiger partial charge in [0.25, 0.3) is 0 Å². The molecule has 0 radical (unpaired) electrons. The van der Waals surface area contributed by atoms with Crippen molar-refractivity contribution in [1.82, 2.24) is 0 Å². The summed E-state index contributed by atoms with van der Waals surface area (Å²) >= 11 is 0. The number of esters is 1. The zero-order valence-corrected chi connectivity index (χ0v) is 8.98. The molecule has 1 atom stereocenters. The molecule has 2 nitrogen and oxygen atoms in total. The second kappa shape index (κ2) is 6.02. The number of carbonyl (C=O) groups excluding carboxylic acids is 1. The Bertz CT molecular complexity index is 317. The Balaban J connectivity index is 2.34. The van der Waals surface area contributed by atoms with E-state index in [1.807, 2.05) is 31.2 Å². The van der Waals surface area contributed by atoms with E-state index in [0.29, 0.717) is 18.1 Å². The van der Waals surface area contributed by atoms with E-state index in [0.717, 1.165) is 6.42 Å². The highest BCUT2D eigenvalue weighted by atomic mass is 16.5. The number of hydrogen-bond acceptors (Lipinski definition) is 2. The molecule has 0 heterocycles. The van der Waals surface area contributed by atoms with E-state index < -0.39 is 0 Å². The Morgan fingerprint density at radius 3 is 2.73 bits per heavy atom. The van der Waals surface area contributed by atoms with Crippen molar-refractivity contribution in [3.05, 3.63) is 48.6 Å². The zero-order chi connectivity index (χ0) is 11.1. The van der Waals surface area contributed by atoms with Gasteiger partial charge >= 0.3 is 5.97 Å². The van der Waals surface area contributed by atoms with Crippen molar-refractivity contribution in [2.75, 3.05) is 6.61 Å². The van der Waals surface area contributed by atoms with Crippen molar-refractivity contribution in [2.24, 2.45) is 5.92 Å². The summed E-state index contributed by atoms with van der Waals surface area (Å²) in [6, 6.07) is 9.01. The molecule has 2 heteroatoms. The third-order valence-corrected chi connectivity index (χ3v) is 2.22. The zero-order valence-electron chi connectivity index (χ0n) is 8.98. The predicted molar refractivity (Wildman–Crippen MR) is 60.7 cm³/mol. The highest BCUT2D eigenvalue weighted by Gasteiger charge is 2.05. The highest BCUT2D eigenvalue weighted by Crippen LogP contribution is 2.05. The van der Waals surface area contributed by atoms with Crippen LogP contribution >= 0.6 is 0 Å². The summed E-state index contributed by atoms with van der Waals surface area (Å²) in [5.41, 5.74) is 0.601. The van der Waals surface area contributed by atoms with Crippen LogP contribution in [0.25, 0.3) is 0 Å². The fourth-order valence-corrected chi connectivity index (χ4v) is 1.11. The molecule has 0 aliphatic carbocycles. The number of rotatable bonds is 5. The van der Waals surface area contributed by atoms with Gasteiger partial charge in [-0.15, -0.1) is 6.58 Å². The van der Waals surface area contributed by atoms with Gasteiger partial charge in [-0.25, -0.2) is 4.79 Å². The van der Waals surface area contributed by atoms with E-state index in [-0.39, 0.29) is 5.97 Å². The first-order valence-corrected chi connectivity index (χ1v) is 5.08. The first-order valence-electron chi connectivity index (χ1n) is 5.08. The van der Waals surface area contributed by atoms with E-state index in [1.54, 1.807) is 12.1 Å². The molecule has 80 valence electrons. The highest BCUT2D eigenvalue weighted by molar-refractivity contribution is 5.89. The Labute approximate surface area is 90.6 Å². The smallest absolute Gasteiger partial charge is 0.338 e. The minimum atomic E-state index is -0.258. The van der Waals surface area contributed by atoms with Crippen LogP contribution in [0.15, 0.2) is 43.0 Å². The molecule has 0 unspecified atom stereocenters. The van der Waals surface area contributed by atoms with Gasteiger partial charge in [-0.1, -0.05) is 31.2 Å². The molecule has 0 saturated heterocycles. The molecule has 15 heavy (non-hydrogen) atoms. The summed E-state index contributed by atoms with van der Waals surface area (Å²) in [4.78, 5) is 11.5. The largest absolute Gasteiger partial charge is 0.462 e. The second-order valence-electron chi connectivity index (χ2n) is 3.50. The van der Waals surface area contributed by atoms with E-state index in [9.17, 15) is 4.79 Å². The number of carbonyl (C=O) groups is 1. The molecule has 1 aromatic carbocycles. The maximum Gasteiger partial charge on any atom is 0.338 e. The van der Waals surface area contributed by atoms with Gasteiger partial charge in [0.05, 0.1) is 12.2 Å². The predicted octanol–water partition coefficient (Wildman–Crippen LogP) is 3.06. The van der Waals surface area contributed by atoms with E-state index >= 15 is 0 Å². The van der Waals surface area contributed by atoms with Crippen LogP contribution in [0.5, 0.6) is 0 Å². The van der Waals surface area contributed by atoms with Crippen molar-refractivity contribution >= 4 is 5.97 Å². The fourth-order valence-electron chi connectivity index (χ4n) is 1.11. The van der Waals surface area contributed by atoms with Gasteiger partial charge in [0.15, 0.2) is 0 Å². The summed E-state index contributed by atoms with van der Waals surface area (Å²) in [6.45, 7) is 6.17. The SMILES string of the molecule is C=C[C@H](C)CCOC(=O)c1ccccc1. The first-order chi connectivity index (χ1) is 7.24. The van der Waals surface area contributed by atoms with Gasteiger partial charge in [0.2, 0.25) is 0 Å². The number of allylic oxidation sites excluding steroid dienone is 1. The van der Waals surface area contributed by atoms with Gasteiger partial charge in [0.1, 0.15) is 0 Å². The summed E-state index contributed by atoms with van der Waals surface area (Å²) < 4.78 is 5.11. The van der Waals surface area contributed by atoms with Crippen LogP contribution in [-0.2, 0) is 4.74 Å². The standard InChI is InChI=1S/C13H16O2/c1-3-11(2)9-10-15-13(14)12-7-5-4-6-8-12/h3-8,11H,1,9-10H2,2H3/t11-/m0/s1. The maximum atomic E-state index is 11.5. The summed E-state index contributed by atoms with van der Waals surface area (Å²) in [7, 11) is 0. The molecular formula is C13H16O2. The first kappa shape index (κ1) is 11.5. The Kier molecular flexibility index (Phi) is 4.61. The monoisotopic (exact) mass is 204 g/mol. The lowest BCUT2D eigenvalue weighted by Crippen LogP contribution is -2.08. The van der Waals surface area contributed by atoms with Crippen LogP contribution in [0.2, 0.25) is 0 Å². The molecule has 0 fully saturated rings. The molecule has 0 N–H and O–H groups in total. The Morgan fingerprint density at radius 1 is 1.47 bits per heavy atom. The Hall–Kier alpha value is -1.57. The third kappa shape index (κ3) is 3.98. The normalized spacial score (nSPS) is 11.8. The van der Waals surface area contributed by atoms with Gasteiger partial charge in [-0.05, 0) is 24.5 Å². The third-order valence-electron chi connectivity index (χ3n) is 2.22. The average molecular weight is 204 g/mol. The molecule has 0 bridgehead atoms. The van der Waals surface area contributed by atoms with E-state index in [2.05, 4.69) is 6.58 Å². The van der Waals surface area contributed by atoms with Crippen LogP contribution in [0.4, 0.5) is 0 Å². The van der Waals surface area contributed by atoms with Crippen molar-refractivity contribution in [3.63, 3.8) is 0 Å². The van der Waals surface area contributed by atoms with E-state index in [1.165, 1.54) is 0 Å². The Morgan fingerprint density at radius 2 is 2.13 bits per heavy atom. The molecule has 0 aliphatic rings.